The topological polar surface area (TPSA) is 76.1 Å². The highest BCUT2D eigenvalue weighted by Crippen LogP contribution is 2.46. The van der Waals surface area contributed by atoms with Crippen molar-refractivity contribution in [2.45, 2.75) is 6.04 Å². The van der Waals surface area contributed by atoms with E-state index in [0.717, 1.165) is 23.1 Å². The number of Topliss-reactive ketones (excluding diaryl/α,β-unsaturated/α-hetero) is 1. The number of hydrogen-bond donors (Lipinski definition) is 1. The fraction of sp³-hybridized carbons (Fsp3) is 0.130. The summed E-state index contributed by atoms with van der Waals surface area (Å²) in [5.74, 6) is -3.94. The van der Waals surface area contributed by atoms with Crippen molar-refractivity contribution < 1.29 is 33.0 Å². The largest absolute Gasteiger partial charge is 0.506 e. The number of nitrogens with zero attached hydrogens (tertiary/aromatic N) is 1. The third-order valence-electron chi connectivity index (χ3n) is 5.09. The Morgan fingerprint density at radius 3 is 2.31 bits per heavy atom. The molecular weight excluding hydrogens is 440 g/mol. The maximum atomic E-state index is 14.6. The third kappa shape index (κ3) is 3.40. The van der Waals surface area contributed by atoms with Crippen LogP contribution in [0, 0.1) is 11.6 Å². The SMILES string of the molecule is COc1cccc(OC)c1/C(O)=C1\C(=O)C(=O)N(c2cc(F)ccc2F)C1c1cccs1. The number of carbonyl (C=O) groups is 2. The van der Waals surface area contributed by atoms with Crippen molar-refractivity contribution in [3.05, 3.63) is 81.6 Å². The van der Waals surface area contributed by atoms with Crippen LogP contribution in [-0.2, 0) is 9.59 Å². The van der Waals surface area contributed by atoms with Gasteiger partial charge in [-0.05, 0) is 35.7 Å². The smallest absolute Gasteiger partial charge is 0.300 e. The summed E-state index contributed by atoms with van der Waals surface area (Å²) in [7, 11) is 2.76. The quantitative estimate of drug-likeness (QED) is 0.342. The molecule has 32 heavy (non-hydrogen) atoms. The van der Waals surface area contributed by atoms with E-state index >= 15 is 0 Å². The second-order valence-electron chi connectivity index (χ2n) is 6.82. The molecule has 0 aliphatic carbocycles. The van der Waals surface area contributed by atoms with E-state index in [2.05, 4.69) is 0 Å². The van der Waals surface area contributed by atoms with Gasteiger partial charge in [0.15, 0.2) is 0 Å². The summed E-state index contributed by atoms with van der Waals surface area (Å²) in [5.41, 5.74) is -0.628. The van der Waals surface area contributed by atoms with E-state index < -0.39 is 40.8 Å². The lowest BCUT2D eigenvalue weighted by atomic mass is 9.98. The van der Waals surface area contributed by atoms with Crippen molar-refractivity contribution in [1.82, 2.24) is 0 Å². The van der Waals surface area contributed by atoms with Crippen LogP contribution in [0.4, 0.5) is 14.5 Å². The van der Waals surface area contributed by atoms with Gasteiger partial charge in [-0.3, -0.25) is 14.5 Å². The van der Waals surface area contributed by atoms with Gasteiger partial charge >= 0.3 is 0 Å². The lowest BCUT2D eigenvalue weighted by Crippen LogP contribution is -2.30. The molecule has 0 saturated carbocycles. The van der Waals surface area contributed by atoms with Gasteiger partial charge in [0.1, 0.15) is 40.5 Å². The maximum absolute atomic E-state index is 14.6. The number of amides is 1. The molecule has 0 spiro atoms. The van der Waals surface area contributed by atoms with E-state index in [1.165, 1.54) is 25.6 Å². The van der Waals surface area contributed by atoms with Crippen LogP contribution in [0.2, 0.25) is 0 Å². The second-order valence-corrected chi connectivity index (χ2v) is 7.80. The van der Waals surface area contributed by atoms with Crippen molar-refractivity contribution in [2.75, 3.05) is 19.1 Å². The lowest BCUT2D eigenvalue weighted by Gasteiger charge is -2.24. The number of ether oxygens (including phenoxy) is 2. The van der Waals surface area contributed by atoms with Gasteiger partial charge in [0.2, 0.25) is 0 Å². The zero-order valence-electron chi connectivity index (χ0n) is 17.0. The van der Waals surface area contributed by atoms with Crippen molar-refractivity contribution in [2.24, 2.45) is 0 Å². The number of carbonyl (C=O) groups excluding carboxylic acids is 2. The van der Waals surface area contributed by atoms with Gasteiger partial charge < -0.3 is 14.6 Å². The van der Waals surface area contributed by atoms with Gasteiger partial charge in [0.05, 0.1) is 25.5 Å². The number of ketones is 1. The van der Waals surface area contributed by atoms with Gasteiger partial charge in [-0.2, -0.15) is 0 Å². The van der Waals surface area contributed by atoms with E-state index in [1.807, 2.05) is 0 Å². The molecule has 1 unspecified atom stereocenters. The molecule has 1 saturated heterocycles. The summed E-state index contributed by atoms with van der Waals surface area (Å²) < 4.78 is 39.2. The van der Waals surface area contributed by atoms with Gasteiger partial charge in [-0.1, -0.05) is 12.1 Å². The number of anilines is 1. The zero-order valence-corrected chi connectivity index (χ0v) is 17.8. The molecular formula is C23H17F2NO5S. The highest BCUT2D eigenvalue weighted by Gasteiger charge is 2.48. The molecule has 0 radical (unpaired) electrons. The molecule has 2 aromatic carbocycles. The van der Waals surface area contributed by atoms with Crippen LogP contribution < -0.4 is 14.4 Å². The van der Waals surface area contributed by atoms with E-state index in [1.54, 1.807) is 35.7 Å². The first-order valence-electron chi connectivity index (χ1n) is 9.39. The van der Waals surface area contributed by atoms with Crippen LogP contribution in [-0.4, -0.2) is 31.0 Å². The molecule has 9 heteroatoms. The molecule has 1 aliphatic rings. The monoisotopic (exact) mass is 457 g/mol. The number of rotatable bonds is 5. The van der Waals surface area contributed by atoms with Crippen LogP contribution in [0.25, 0.3) is 5.76 Å². The first-order valence-corrected chi connectivity index (χ1v) is 10.3. The molecule has 1 amide bonds. The third-order valence-corrected chi connectivity index (χ3v) is 6.01. The van der Waals surface area contributed by atoms with E-state index in [0.29, 0.717) is 4.88 Å². The number of thiophene rings is 1. The lowest BCUT2D eigenvalue weighted by molar-refractivity contribution is -0.132. The van der Waals surface area contributed by atoms with E-state index in [9.17, 15) is 23.5 Å². The summed E-state index contributed by atoms with van der Waals surface area (Å²) in [6.45, 7) is 0. The van der Waals surface area contributed by atoms with Crippen LogP contribution in [0.15, 0.2) is 59.5 Å². The highest BCUT2D eigenvalue weighted by atomic mass is 32.1. The molecule has 1 fully saturated rings. The number of aliphatic hydroxyl groups excluding tert-OH is 1. The summed E-state index contributed by atoms with van der Waals surface area (Å²) in [5, 5.41) is 13.0. The van der Waals surface area contributed by atoms with Crippen LogP contribution in [0.5, 0.6) is 11.5 Å². The van der Waals surface area contributed by atoms with Crippen LogP contribution in [0.3, 0.4) is 0 Å². The average molecular weight is 457 g/mol. The van der Waals surface area contributed by atoms with Crippen LogP contribution in [0.1, 0.15) is 16.5 Å². The predicted octanol–water partition coefficient (Wildman–Crippen LogP) is 4.67. The van der Waals surface area contributed by atoms with Gasteiger partial charge in [-0.15, -0.1) is 11.3 Å². The van der Waals surface area contributed by atoms with Gasteiger partial charge in [0.25, 0.3) is 11.7 Å². The van der Waals surface area contributed by atoms with Crippen LogP contribution >= 0.6 is 11.3 Å². The zero-order chi connectivity index (χ0) is 23.0. The second kappa shape index (κ2) is 8.43. The molecule has 1 aromatic heterocycles. The van der Waals surface area contributed by atoms with Gasteiger partial charge in [-0.25, -0.2) is 8.78 Å². The number of methoxy groups -OCH3 is 2. The first kappa shape index (κ1) is 21.5. The van der Waals surface area contributed by atoms with Crippen molar-refractivity contribution >= 4 is 34.5 Å². The Bertz CT molecular complexity index is 1220. The van der Waals surface area contributed by atoms with Gasteiger partial charge in [0, 0.05) is 10.9 Å². The summed E-state index contributed by atoms with van der Waals surface area (Å²) in [6.07, 6.45) is 0. The minimum Gasteiger partial charge on any atom is -0.506 e. The predicted molar refractivity (Wildman–Crippen MR) is 115 cm³/mol. The summed E-state index contributed by atoms with van der Waals surface area (Å²) >= 11 is 1.20. The number of hydrogen-bond acceptors (Lipinski definition) is 6. The molecule has 1 aliphatic heterocycles. The number of benzene rings is 2. The Balaban J connectivity index is 2.02. The summed E-state index contributed by atoms with van der Waals surface area (Å²) in [6, 6.07) is 9.51. The number of aliphatic hydroxyl groups is 1. The van der Waals surface area contributed by atoms with Crippen molar-refractivity contribution in [3.8, 4) is 11.5 Å². The fourth-order valence-electron chi connectivity index (χ4n) is 3.69. The van der Waals surface area contributed by atoms with Crippen molar-refractivity contribution in [1.29, 1.82) is 0 Å². The minimum absolute atomic E-state index is 0.0665. The molecule has 0 bridgehead atoms. The number of halogens is 2. The molecule has 3 aromatic rings. The Morgan fingerprint density at radius 1 is 1.03 bits per heavy atom. The van der Waals surface area contributed by atoms with E-state index in [-0.39, 0.29) is 22.6 Å². The molecule has 164 valence electrons. The molecule has 1 N–H and O–H groups in total. The minimum atomic E-state index is -1.18. The molecule has 6 nitrogen and oxygen atoms in total. The Labute approximate surface area is 185 Å². The average Bonchev–Trinajstić information content (AvgIpc) is 3.41. The normalized spacial score (nSPS) is 17.6. The maximum Gasteiger partial charge on any atom is 0.300 e. The molecule has 2 heterocycles. The molecule has 4 rings (SSSR count). The Hall–Kier alpha value is -3.72. The fourth-order valence-corrected chi connectivity index (χ4v) is 4.51. The summed E-state index contributed by atoms with van der Waals surface area (Å²) in [4.78, 5) is 27.5. The molecule has 1 atom stereocenters. The van der Waals surface area contributed by atoms with Crippen molar-refractivity contribution in [3.63, 3.8) is 0 Å². The Kier molecular flexibility index (Phi) is 5.67. The Morgan fingerprint density at radius 2 is 1.72 bits per heavy atom. The first-order chi connectivity index (χ1) is 15.4. The standard InChI is InChI=1S/C23H17F2NO5S/c1-30-15-5-3-6-16(31-2)18(15)21(27)19-20(17-7-4-10-32-17)26(23(29)22(19)28)14-11-12(24)8-9-13(14)25/h3-11,20,27H,1-2H3/b21-19+. The van der Waals surface area contributed by atoms with E-state index in [4.69, 9.17) is 9.47 Å². The highest BCUT2D eigenvalue weighted by molar-refractivity contribution is 7.10.